The largest absolute Gasteiger partial charge is 0.478 e. The standard InChI is InChI=1S/C9H18.C4H6O2/c1-8-6-4-5-7-9(8,2)3;1-3(2)4(5)6/h8H,4-7H2,1-3H3;1H2,2H3,(H,5,6). The molecule has 0 bridgehead atoms. The van der Waals surface area contributed by atoms with Crippen molar-refractivity contribution in [3.05, 3.63) is 12.2 Å². The van der Waals surface area contributed by atoms with Crippen molar-refractivity contribution in [1.82, 2.24) is 0 Å². The van der Waals surface area contributed by atoms with E-state index < -0.39 is 5.97 Å². The molecule has 1 unspecified atom stereocenters. The number of carboxylic acids is 1. The van der Waals surface area contributed by atoms with E-state index in [1.54, 1.807) is 0 Å². The first kappa shape index (κ1) is 14.2. The molecule has 2 heteroatoms. The quantitative estimate of drug-likeness (QED) is 0.670. The van der Waals surface area contributed by atoms with Gasteiger partial charge in [0.2, 0.25) is 0 Å². The van der Waals surface area contributed by atoms with Crippen LogP contribution in [-0.2, 0) is 4.79 Å². The van der Waals surface area contributed by atoms with Crippen LogP contribution in [-0.4, -0.2) is 11.1 Å². The summed E-state index contributed by atoms with van der Waals surface area (Å²) in [6.45, 7) is 11.8. The molecule has 1 saturated carbocycles. The summed E-state index contributed by atoms with van der Waals surface area (Å²) in [5.41, 5.74) is 0.813. The fourth-order valence-electron chi connectivity index (χ4n) is 1.67. The number of hydrogen-bond acceptors (Lipinski definition) is 1. The van der Waals surface area contributed by atoms with E-state index in [2.05, 4.69) is 27.4 Å². The number of carbonyl (C=O) groups is 1. The lowest BCUT2D eigenvalue weighted by molar-refractivity contribution is -0.132. The molecule has 1 fully saturated rings. The molecule has 88 valence electrons. The number of rotatable bonds is 1. The second-order valence-corrected chi connectivity index (χ2v) is 5.22. The Hall–Kier alpha value is -0.790. The predicted octanol–water partition coefficient (Wildman–Crippen LogP) is 3.87. The molecule has 0 saturated heterocycles. The zero-order chi connectivity index (χ0) is 12.1. The summed E-state index contributed by atoms with van der Waals surface area (Å²) in [6.07, 6.45) is 5.81. The van der Waals surface area contributed by atoms with Gasteiger partial charge in [-0.25, -0.2) is 4.79 Å². The number of carboxylic acid groups (broad SMARTS) is 1. The molecule has 15 heavy (non-hydrogen) atoms. The third-order valence-electron chi connectivity index (χ3n) is 3.41. The average molecular weight is 212 g/mol. The van der Waals surface area contributed by atoms with E-state index in [-0.39, 0.29) is 5.57 Å². The molecule has 0 radical (unpaired) electrons. The molecule has 1 atom stereocenters. The molecule has 1 aliphatic rings. The van der Waals surface area contributed by atoms with Gasteiger partial charge >= 0.3 is 5.97 Å². The van der Waals surface area contributed by atoms with Crippen molar-refractivity contribution in [3.63, 3.8) is 0 Å². The molecular weight excluding hydrogens is 188 g/mol. The summed E-state index contributed by atoms with van der Waals surface area (Å²) in [5.74, 6) is 0.0150. The van der Waals surface area contributed by atoms with E-state index in [1.807, 2.05) is 0 Å². The Bertz CT molecular complexity index is 217. The van der Waals surface area contributed by atoms with E-state index in [4.69, 9.17) is 5.11 Å². The van der Waals surface area contributed by atoms with Gasteiger partial charge in [-0.2, -0.15) is 0 Å². The lowest BCUT2D eigenvalue weighted by atomic mass is 9.70. The first-order chi connectivity index (χ1) is 6.77. The highest BCUT2D eigenvalue weighted by atomic mass is 16.4. The zero-order valence-corrected chi connectivity index (χ0v) is 10.5. The average Bonchev–Trinajstić information content (AvgIpc) is 2.11. The lowest BCUT2D eigenvalue weighted by Crippen LogP contribution is -2.24. The molecule has 0 aliphatic heterocycles. The molecule has 0 aromatic carbocycles. The minimum Gasteiger partial charge on any atom is -0.478 e. The van der Waals surface area contributed by atoms with Crippen LogP contribution in [0.2, 0.25) is 0 Å². The van der Waals surface area contributed by atoms with E-state index in [1.165, 1.54) is 32.6 Å². The Balaban J connectivity index is 0.000000288. The van der Waals surface area contributed by atoms with Crippen LogP contribution in [0.3, 0.4) is 0 Å². The summed E-state index contributed by atoms with van der Waals surface area (Å²) >= 11 is 0. The van der Waals surface area contributed by atoms with Crippen LogP contribution >= 0.6 is 0 Å². The maximum Gasteiger partial charge on any atom is 0.330 e. The molecule has 0 aromatic rings. The second-order valence-electron chi connectivity index (χ2n) is 5.22. The Morgan fingerprint density at radius 2 is 1.87 bits per heavy atom. The van der Waals surface area contributed by atoms with Gasteiger partial charge in [-0.3, -0.25) is 0 Å². The summed E-state index contributed by atoms with van der Waals surface area (Å²) in [7, 11) is 0. The third kappa shape index (κ3) is 5.60. The van der Waals surface area contributed by atoms with Crippen LogP contribution in [0, 0.1) is 11.3 Å². The normalized spacial score (nSPS) is 23.6. The number of hydrogen-bond donors (Lipinski definition) is 1. The van der Waals surface area contributed by atoms with Crippen LogP contribution in [0.25, 0.3) is 0 Å². The van der Waals surface area contributed by atoms with Crippen LogP contribution in [0.4, 0.5) is 0 Å². The smallest absolute Gasteiger partial charge is 0.330 e. The Kier molecular flexibility index (Phi) is 5.63. The fraction of sp³-hybridized carbons (Fsp3) is 0.769. The molecule has 1 aliphatic carbocycles. The monoisotopic (exact) mass is 212 g/mol. The van der Waals surface area contributed by atoms with Crippen molar-refractivity contribution in [2.45, 2.75) is 53.4 Å². The van der Waals surface area contributed by atoms with E-state index >= 15 is 0 Å². The molecule has 1 N–H and O–H groups in total. The van der Waals surface area contributed by atoms with Gasteiger partial charge in [0.25, 0.3) is 0 Å². The summed E-state index contributed by atoms with van der Waals surface area (Å²) in [5, 5.41) is 7.89. The van der Waals surface area contributed by atoms with Gasteiger partial charge in [-0.1, -0.05) is 46.6 Å². The van der Waals surface area contributed by atoms with Crippen molar-refractivity contribution in [2.75, 3.05) is 0 Å². The molecule has 0 spiro atoms. The minimum absolute atomic E-state index is 0.176. The molecule has 0 heterocycles. The van der Waals surface area contributed by atoms with Gasteiger partial charge in [0, 0.05) is 5.57 Å². The molecule has 0 amide bonds. The first-order valence-electron chi connectivity index (χ1n) is 5.66. The maximum atomic E-state index is 9.60. The first-order valence-corrected chi connectivity index (χ1v) is 5.66. The Morgan fingerprint density at radius 3 is 2.07 bits per heavy atom. The minimum atomic E-state index is -0.935. The summed E-state index contributed by atoms with van der Waals surface area (Å²) < 4.78 is 0. The third-order valence-corrected chi connectivity index (χ3v) is 3.41. The van der Waals surface area contributed by atoms with Gasteiger partial charge in [0.15, 0.2) is 0 Å². The van der Waals surface area contributed by atoms with E-state index in [0.717, 1.165) is 5.92 Å². The zero-order valence-electron chi connectivity index (χ0n) is 10.5. The van der Waals surface area contributed by atoms with Crippen molar-refractivity contribution < 1.29 is 9.90 Å². The maximum absolute atomic E-state index is 9.60. The van der Waals surface area contributed by atoms with Crippen LogP contribution in [0.1, 0.15) is 53.4 Å². The highest BCUT2D eigenvalue weighted by Gasteiger charge is 2.27. The highest BCUT2D eigenvalue weighted by molar-refractivity contribution is 5.84. The van der Waals surface area contributed by atoms with Crippen molar-refractivity contribution >= 4 is 5.97 Å². The Labute approximate surface area is 93.4 Å². The van der Waals surface area contributed by atoms with Crippen LogP contribution < -0.4 is 0 Å². The SMILES string of the molecule is C=C(C)C(=O)O.CC1CCCCC1(C)C. The summed E-state index contributed by atoms with van der Waals surface area (Å²) in [4.78, 5) is 9.60. The fourth-order valence-corrected chi connectivity index (χ4v) is 1.67. The van der Waals surface area contributed by atoms with E-state index in [0.29, 0.717) is 5.41 Å². The van der Waals surface area contributed by atoms with Crippen molar-refractivity contribution in [3.8, 4) is 0 Å². The molecule has 1 rings (SSSR count). The van der Waals surface area contributed by atoms with Crippen LogP contribution in [0.15, 0.2) is 12.2 Å². The second kappa shape index (κ2) is 5.94. The van der Waals surface area contributed by atoms with Gasteiger partial charge < -0.3 is 5.11 Å². The topological polar surface area (TPSA) is 37.3 Å². The van der Waals surface area contributed by atoms with Gasteiger partial charge in [0.05, 0.1) is 0 Å². The lowest BCUT2D eigenvalue weighted by Gasteiger charge is -2.36. The Morgan fingerprint density at radius 1 is 1.40 bits per heavy atom. The van der Waals surface area contributed by atoms with Crippen molar-refractivity contribution in [2.24, 2.45) is 11.3 Å². The molecule has 0 aromatic heterocycles. The van der Waals surface area contributed by atoms with E-state index in [9.17, 15) is 4.79 Å². The number of aliphatic carboxylic acids is 1. The van der Waals surface area contributed by atoms with Gasteiger partial charge in [-0.15, -0.1) is 0 Å². The molecular formula is C13H24O2. The van der Waals surface area contributed by atoms with Gasteiger partial charge in [-0.05, 0) is 24.7 Å². The van der Waals surface area contributed by atoms with Crippen molar-refractivity contribution in [1.29, 1.82) is 0 Å². The van der Waals surface area contributed by atoms with Crippen LogP contribution in [0.5, 0.6) is 0 Å². The predicted molar refractivity (Wildman–Crippen MR) is 63.9 cm³/mol. The molecule has 2 nitrogen and oxygen atoms in total. The highest BCUT2D eigenvalue weighted by Crippen LogP contribution is 2.39. The summed E-state index contributed by atoms with van der Waals surface area (Å²) in [6, 6.07) is 0. The van der Waals surface area contributed by atoms with Gasteiger partial charge in [0.1, 0.15) is 0 Å².